The molecule has 2 N–H and O–H groups in total. The van der Waals surface area contributed by atoms with E-state index in [1.54, 1.807) is 0 Å². The molecule has 0 aliphatic rings. The Morgan fingerprint density at radius 3 is 2.79 bits per heavy atom. The number of nitrogens with one attached hydrogen (secondary N) is 2. The fraction of sp³-hybridized carbons (Fsp3) is 0.333. The average molecular weight is 285 g/mol. The predicted octanol–water partition coefficient (Wildman–Crippen LogP) is 1.15. The van der Waals surface area contributed by atoms with Crippen molar-refractivity contribution in [1.82, 2.24) is 14.6 Å². The van der Waals surface area contributed by atoms with Gasteiger partial charge in [0.1, 0.15) is 10.7 Å². The van der Waals surface area contributed by atoms with E-state index in [1.807, 2.05) is 19.0 Å². The second-order valence-electron chi connectivity index (χ2n) is 4.54. The number of hydrogen-bond donors (Lipinski definition) is 2. The van der Waals surface area contributed by atoms with E-state index in [-0.39, 0.29) is 4.90 Å². The van der Waals surface area contributed by atoms with Crippen molar-refractivity contribution in [3.8, 4) is 0 Å². The van der Waals surface area contributed by atoms with E-state index in [0.717, 1.165) is 0 Å². The largest absolute Gasteiger partial charge is 0.360 e. The molecule has 2 aromatic rings. The lowest BCUT2D eigenvalue weighted by Crippen LogP contribution is -2.31. The fourth-order valence-corrected chi connectivity index (χ4v) is 2.96. The van der Waals surface area contributed by atoms with Crippen LogP contribution in [0.4, 0.5) is 4.39 Å². The summed E-state index contributed by atoms with van der Waals surface area (Å²) in [5, 5.41) is 0.359. The number of aromatic nitrogens is 1. The van der Waals surface area contributed by atoms with Gasteiger partial charge in [-0.25, -0.2) is 17.5 Å². The quantitative estimate of drug-likeness (QED) is 0.866. The lowest BCUT2D eigenvalue weighted by molar-refractivity contribution is 0.412. The first-order chi connectivity index (χ1) is 8.90. The van der Waals surface area contributed by atoms with Gasteiger partial charge in [0, 0.05) is 30.2 Å². The monoisotopic (exact) mass is 285 g/mol. The highest BCUT2D eigenvalue weighted by molar-refractivity contribution is 7.89. The van der Waals surface area contributed by atoms with Crippen molar-refractivity contribution in [2.24, 2.45) is 0 Å². The predicted molar refractivity (Wildman–Crippen MR) is 72.0 cm³/mol. The Kier molecular flexibility index (Phi) is 3.88. The van der Waals surface area contributed by atoms with Gasteiger partial charge in [-0.15, -0.1) is 0 Å². The number of sulfonamides is 1. The molecule has 0 saturated carbocycles. The smallest absolute Gasteiger partial charge is 0.242 e. The first-order valence-electron chi connectivity index (χ1n) is 5.81. The molecule has 5 nitrogen and oxygen atoms in total. The van der Waals surface area contributed by atoms with E-state index in [9.17, 15) is 12.8 Å². The standard InChI is InChI=1S/C12H16FN3O2S/c1-16(2)6-5-15-19(17,18)12-8-14-11-4-3-9(13)7-10(11)12/h3-4,7-8,14-15H,5-6H2,1-2H3. The van der Waals surface area contributed by atoms with Gasteiger partial charge in [-0.2, -0.15) is 0 Å². The highest BCUT2D eigenvalue weighted by Crippen LogP contribution is 2.23. The number of rotatable bonds is 5. The molecular formula is C12H16FN3O2S. The summed E-state index contributed by atoms with van der Waals surface area (Å²) in [6.45, 7) is 0.896. The molecule has 19 heavy (non-hydrogen) atoms. The lowest BCUT2D eigenvalue weighted by atomic mass is 10.2. The Labute approximate surface area is 111 Å². The van der Waals surface area contributed by atoms with Gasteiger partial charge in [0.25, 0.3) is 0 Å². The Morgan fingerprint density at radius 1 is 1.37 bits per heavy atom. The summed E-state index contributed by atoms with van der Waals surface area (Å²) in [7, 11) is 0.0825. The van der Waals surface area contributed by atoms with Crippen LogP contribution in [0.1, 0.15) is 0 Å². The Balaban J connectivity index is 2.30. The Bertz CT molecular complexity index is 679. The topological polar surface area (TPSA) is 65.2 Å². The third kappa shape index (κ3) is 3.12. The molecule has 1 aromatic heterocycles. The molecule has 0 saturated heterocycles. The minimum Gasteiger partial charge on any atom is -0.360 e. The number of benzene rings is 1. The van der Waals surface area contributed by atoms with Crippen LogP contribution in [0.5, 0.6) is 0 Å². The summed E-state index contributed by atoms with van der Waals surface area (Å²) in [5.74, 6) is -0.461. The van der Waals surface area contributed by atoms with Gasteiger partial charge < -0.3 is 9.88 Å². The van der Waals surface area contributed by atoms with Crippen molar-refractivity contribution in [2.45, 2.75) is 4.90 Å². The summed E-state index contributed by atoms with van der Waals surface area (Å²) >= 11 is 0. The van der Waals surface area contributed by atoms with Crippen LogP contribution in [0.15, 0.2) is 29.3 Å². The van der Waals surface area contributed by atoms with E-state index >= 15 is 0 Å². The third-order valence-electron chi connectivity index (χ3n) is 2.75. The van der Waals surface area contributed by atoms with Gasteiger partial charge in [-0.3, -0.25) is 0 Å². The Morgan fingerprint density at radius 2 is 2.11 bits per heavy atom. The summed E-state index contributed by atoms with van der Waals surface area (Å²) < 4.78 is 40.0. The zero-order chi connectivity index (χ0) is 14.0. The van der Waals surface area contributed by atoms with Gasteiger partial charge >= 0.3 is 0 Å². The second-order valence-corrected chi connectivity index (χ2v) is 6.28. The molecule has 104 valence electrons. The van der Waals surface area contributed by atoms with E-state index in [4.69, 9.17) is 0 Å². The number of halogens is 1. The first kappa shape index (κ1) is 14.0. The molecule has 7 heteroatoms. The van der Waals surface area contributed by atoms with Crippen LogP contribution in [-0.2, 0) is 10.0 Å². The van der Waals surface area contributed by atoms with Crippen molar-refractivity contribution in [2.75, 3.05) is 27.2 Å². The van der Waals surface area contributed by atoms with Crippen LogP contribution in [0, 0.1) is 5.82 Å². The van der Waals surface area contributed by atoms with Crippen LogP contribution in [-0.4, -0.2) is 45.5 Å². The number of aromatic amines is 1. The summed E-state index contributed by atoms with van der Waals surface area (Å²) in [6.07, 6.45) is 1.38. The molecule has 0 radical (unpaired) electrons. The van der Waals surface area contributed by atoms with Gasteiger partial charge in [0.2, 0.25) is 10.0 Å². The number of fused-ring (bicyclic) bond motifs is 1. The van der Waals surface area contributed by atoms with Crippen molar-refractivity contribution in [1.29, 1.82) is 0 Å². The molecule has 0 atom stereocenters. The van der Waals surface area contributed by atoms with E-state index in [2.05, 4.69) is 9.71 Å². The first-order valence-corrected chi connectivity index (χ1v) is 7.29. The highest BCUT2D eigenvalue weighted by atomic mass is 32.2. The second kappa shape index (κ2) is 5.28. The van der Waals surface area contributed by atoms with Crippen LogP contribution in [0.25, 0.3) is 10.9 Å². The lowest BCUT2D eigenvalue weighted by Gasteiger charge is -2.10. The molecule has 0 amide bonds. The maximum Gasteiger partial charge on any atom is 0.242 e. The molecular weight excluding hydrogens is 269 g/mol. The minimum atomic E-state index is -3.63. The van der Waals surface area contributed by atoms with Gasteiger partial charge in [0.15, 0.2) is 0 Å². The maximum atomic E-state index is 13.2. The molecule has 0 bridgehead atoms. The van der Waals surface area contributed by atoms with Gasteiger partial charge in [-0.05, 0) is 32.3 Å². The van der Waals surface area contributed by atoms with Crippen LogP contribution < -0.4 is 4.72 Å². The number of likely N-dealkylation sites (N-methyl/N-ethyl adjacent to an activating group) is 1. The van der Waals surface area contributed by atoms with E-state index in [0.29, 0.717) is 24.0 Å². The van der Waals surface area contributed by atoms with Crippen molar-refractivity contribution >= 4 is 20.9 Å². The average Bonchev–Trinajstić information content (AvgIpc) is 2.71. The SMILES string of the molecule is CN(C)CCNS(=O)(=O)c1c[nH]c2ccc(F)cc12. The number of nitrogens with zero attached hydrogens (tertiary/aromatic N) is 1. The number of hydrogen-bond acceptors (Lipinski definition) is 3. The molecule has 1 heterocycles. The van der Waals surface area contributed by atoms with Gasteiger partial charge in [-0.1, -0.05) is 0 Å². The highest BCUT2D eigenvalue weighted by Gasteiger charge is 2.18. The van der Waals surface area contributed by atoms with Crippen LogP contribution in [0.2, 0.25) is 0 Å². The van der Waals surface area contributed by atoms with Gasteiger partial charge in [0.05, 0.1) is 0 Å². The molecule has 0 fully saturated rings. The summed E-state index contributed by atoms with van der Waals surface area (Å²) in [6, 6.07) is 4.02. The maximum absolute atomic E-state index is 13.2. The van der Waals surface area contributed by atoms with E-state index < -0.39 is 15.8 Å². The van der Waals surface area contributed by atoms with E-state index in [1.165, 1.54) is 24.4 Å². The molecule has 2 rings (SSSR count). The normalized spacial score (nSPS) is 12.4. The Hall–Kier alpha value is -1.44. The third-order valence-corrected chi connectivity index (χ3v) is 4.25. The van der Waals surface area contributed by atoms with Crippen molar-refractivity contribution < 1.29 is 12.8 Å². The van der Waals surface area contributed by atoms with Crippen LogP contribution in [0.3, 0.4) is 0 Å². The zero-order valence-corrected chi connectivity index (χ0v) is 11.6. The molecule has 0 aliphatic heterocycles. The molecule has 0 spiro atoms. The molecule has 0 aliphatic carbocycles. The molecule has 1 aromatic carbocycles. The zero-order valence-electron chi connectivity index (χ0n) is 10.8. The van der Waals surface area contributed by atoms with Crippen molar-refractivity contribution in [3.63, 3.8) is 0 Å². The summed E-state index contributed by atoms with van der Waals surface area (Å²) in [4.78, 5) is 4.77. The summed E-state index contributed by atoms with van der Waals surface area (Å²) in [5.41, 5.74) is 0.592. The fourth-order valence-electron chi connectivity index (χ4n) is 1.77. The number of H-pyrrole nitrogens is 1. The van der Waals surface area contributed by atoms with Crippen LogP contribution >= 0.6 is 0 Å². The van der Waals surface area contributed by atoms with Crippen molar-refractivity contribution in [3.05, 3.63) is 30.2 Å². The molecule has 0 unspecified atom stereocenters. The minimum absolute atomic E-state index is 0.0701.